The second-order valence-electron chi connectivity index (χ2n) is 5.84. The molecule has 1 atom stereocenters. The van der Waals surface area contributed by atoms with E-state index in [1.54, 1.807) is 6.07 Å². The number of nitrogens with zero attached hydrogens (tertiary/aromatic N) is 2. The van der Waals surface area contributed by atoms with Crippen molar-refractivity contribution in [2.75, 3.05) is 0 Å². The van der Waals surface area contributed by atoms with Gasteiger partial charge in [-0.25, -0.2) is 0 Å². The molecule has 27 heavy (non-hydrogen) atoms. The summed E-state index contributed by atoms with van der Waals surface area (Å²) in [4.78, 5) is 0. The zero-order chi connectivity index (χ0) is 18.6. The second-order valence-corrected chi connectivity index (χ2v) is 7.77. The Morgan fingerprint density at radius 1 is 0.741 bits per heavy atom. The van der Waals surface area contributed by atoms with Gasteiger partial charge in [-0.2, -0.15) is 0 Å². The average molecular weight is 413 g/mol. The first-order valence-corrected chi connectivity index (χ1v) is 9.89. The van der Waals surface area contributed by atoms with E-state index >= 15 is 0 Å². The lowest BCUT2D eigenvalue weighted by Crippen LogP contribution is -1.96. The van der Waals surface area contributed by atoms with Gasteiger partial charge in [-0.15, -0.1) is 10.2 Å². The number of hydrogen-bond donors (Lipinski definition) is 0. The third kappa shape index (κ3) is 4.35. The van der Waals surface area contributed by atoms with Crippen LogP contribution < -0.4 is 0 Å². The number of aromatic nitrogens is 2. The smallest absolute Gasteiger partial charge is 0.277 e. The van der Waals surface area contributed by atoms with Crippen molar-refractivity contribution < 1.29 is 4.42 Å². The molecule has 0 fully saturated rings. The van der Waals surface area contributed by atoms with E-state index in [2.05, 4.69) is 22.3 Å². The minimum absolute atomic E-state index is 0.0103. The summed E-state index contributed by atoms with van der Waals surface area (Å²) < 4.78 is 5.88. The van der Waals surface area contributed by atoms with E-state index in [4.69, 9.17) is 27.6 Å². The van der Waals surface area contributed by atoms with Crippen molar-refractivity contribution in [3.63, 3.8) is 0 Å². The molecule has 3 aromatic carbocycles. The molecule has 4 aromatic rings. The summed E-state index contributed by atoms with van der Waals surface area (Å²) >= 11 is 13.6. The molecule has 3 nitrogen and oxygen atoms in total. The second kappa shape index (κ2) is 8.17. The number of hydrogen-bond acceptors (Lipinski definition) is 4. The SMILES string of the molecule is Clc1ccc([C@@H](Sc2nnc(-c3cccc(Cl)c3)o2)c2ccccc2)cc1. The van der Waals surface area contributed by atoms with Crippen LogP contribution in [0.2, 0.25) is 10.0 Å². The van der Waals surface area contributed by atoms with Gasteiger partial charge in [0.25, 0.3) is 5.22 Å². The maximum absolute atomic E-state index is 6.05. The lowest BCUT2D eigenvalue weighted by atomic mass is 10.0. The van der Waals surface area contributed by atoms with Gasteiger partial charge in [0.2, 0.25) is 5.89 Å². The maximum atomic E-state index is 6.05. The lowest BCUT2D eigenvalue weighted by molar-refractivity contribution is 0.465. The fourth-order valence-corrected chi connectivity index (χ4v) is 4.01. The van der Waals surface area contributed by atoms with Gasteiger partial charge in [-0.1, -0.05) is 83.5 Å². The molecule has 0 aliphatic carbocycles. The third-order valence-corrected chi connectivity index (χ3v) is 5.61. The van der Waals surface area contributed by atoms with Crippen molar-refractivity contribution in [2.24, 2.45) is 0 Å². The van der Waals surface area contributed by atoms with Gasteiger partial charge in [0.05, 0.1) is 5.25 Å². The average Bonchev–Trinajstić information content (AvgIpc) is 3.16. The Morgan fingerprint density at radius 2 is 1.48 bits per heavy atom. The highest BCUT2D eigenvalue weighted by Crippen LogP contribution is 2.40. The summed E-state index contributed by atoms with van der Waals surface area (Å²) in [5.41, 5.74) is 3.05. The highest BCUT2D eigenvalue weighted by atomic mass is 35.5. The summed E-state index contributed by atoms with van der Waals surface area (Å²) in [6.07, 6.45) is 0. The number of rotatable bonds is 5. The van der Waals surface area contributed by atoms with Gasteiger partial charge in [0.1, 0.15) is 0 Å². The Labute approximate surface area is 171 Å². The molecule has 0 amide bonds. The fraction of sp³-hybridized carbons (Fsp3) is 0.0476. The minimum atomic E-state index is 0.0103. The Hall–Kier alpha value is -2.27. The minimum Gasteiger partial charge on any atom is -0.411 e. The standard InChI is InChI=1S/C21H14Cl2N2OS/c22-17-11-9-15(10-12-17)19(14-5-2-1-3-6-14)27-21-25-24-20(26-21)16-7-4-8-18(23)13-16/h1-13,19H/t19-/m0/s1. The third-order valence-electron chi connectivity index (χ3n) is 3.97. The molecule has 0 radical (unpaired) electrons. The Morgan fingerprint density at radius 3 is 2.22 bits per heavy atom. The summed E-state index contributed by atoms with van der Waals surface area (Å²) in [7, 11) is 0. The molecule has 1 heterocycles. The maximum Gasteiger partial charge on any atom is 0.277 e. The van der Waals surface area contributed by atoms with Crippen molar-refractivity contribution in [2.45, 2.75) is 10.5 Å². The first kappa shape index (κ1) is 18.1. The predicted molar refractivity (Wildman–Crippen MR) is 110 cm³/mol. The molecular formula is C21H14Cl2N2OS. The Kier molecular flexibility index (Phi) is 5.48. The molecule has 1 aromatic heterocycles. The normalized spacial score (nSPS) is 12.1. The van der Waals surface area contributed by atoms with Crippen molar-refractivity contribution >= 4 is 35.0 Å². The molecule has 0 saturated carbocycles. The molecule has 0 N–H and O–H groups in total. The van der Waals surface area contributed by atoms with Crippen LogP contribution in [0, 0.1) is 0 Å². The first-order chi connectivity index (χ1) is 13.2. The van der Waals surface area contributed by atoms with Crippen LogP contribution >= 0.6 is 35.0 Å². The van der Waals surface area contributed by atoms with Gasteiger partial charge < -0.3 is 4.42 Å². The van der Waals surface area contributed by atoms with Crippen LogP contribution in [0.1, 0.15) is 16.4 Å². The molecule has 0 unspecified atom stereocenters. The fourth-order valence-electron chi connectivity index (χ4n) is 2.69. The number of benzene rings is 3. The number of thioether (sulfide) groups is 1. The molecule has 134 valence electrons. The predicted octanol–water partition coefficient (Wildman–Crippen LogP) is 6.93. The highest BCUT2D eigenvalue weighted by molar-refractivity contribution is 7.99. The van der Waals surface area contributed by atoms with Gasteiger partial charge in [-0.3, -0.25) is 0 Å². The molecule has 0 saturated heterocycles. The van der Waals surface area contributed by atoms with E-state index in [1.165, 1.54) is 11.8 Å². The topological polar surface area (TPSA) is 38.9 Å². The molecule has 4 rings (SSSR count). The van der Waals surface area contributed by atoms with Gasteiger partial charge in [0, 0.05) is 15.6 Å². The lowest BCUT2D eigenvalue weighted by Gasteiger charge is -2.15. The summed E-state index contributed by atoms with van der Waals surface area (Å²) in [6.45, 7) is 0. The first-order valence-electron chi connectivity index (χ1n) is 8.25. The number of halogens is 2. The van der Waals surface area contributed by atoms with Crippen LogP contribution in [-0.2, 0) is 0 Å². The Bertz CT molecular complexity index is 1040. The zero-order valence-electron chi connectivity index (χ0n) is 14.0. The van der Waals surface area contributed by atoms with Gasteiger partial charge in [0.15, 0.2) is 0 Å². The highest BCUT2D eigenvalue weighted by Gasteiger charge is 2.20. The van der Waals surface area contributed by atoms with E-state index in [9.17, 15) is 0 Å². The molecule has 6 heteroatoms. The molecule has 0 aliphatic rings. The summed E-state index contributed by atoms with van der Waals surface area (Å²) in [6, 6.07) is 25.4. The van der Waals surface area contributed by atoms with E-state index in [1.807, 2.05) is 60.7 Å². The quantitative estimate of drug-likeness (QED) is 0.333. The van der Waals surface area contributed by atoms with Crippen molar-refractivity contribution in [3.05, 3.63) is 100 Å². The molecular weight excluding hydrogens is 399 g/mol. The Balaban J connectivity index is 1.65. The zero-order valence-corrected chi connectivity index (χ0v) is 16.4. The summed E-state index contributed by atoms with van der Waals surface area (Å²) in [5, 5.41) is 10.2. The van der Waals surface area contributed by atoms with Crippen molar-refractivity contribution in [1.29, 1.82) is 0 Å². The summed E-state index contributed by atoms with van der Waals surface area (Å²) in [5.74, 6) is 0.447. The van der Waals surface area contributed by atoms with Crippen LogP contribution in [0.4, 0.5) is 0 Å². The van der Waals surface area contributed by atoms with Gasteiger partial charge >= 0.3 is 0 Å². The van der Waals surface area contributed by atoms with Crippen LogP contribution in [0.25, 0.3) is 11.5 Å². The van der Waals surface area contributed by atoms with E-state index in [-0.39, 0.29) is 5.25 Å². The van der Waals surface area contributed by atoms with Crippen molar-refractivity contribution in [3.8, 4) is 11.5 Å². The molecule has 0 aliphatic heterocycles. The largest absolute Gasteiger partial charge is 0.411 e. The van der Waals surface area contributed by atoms with Crippen LogP contribution in [-0.4, -0.2) is 10.2 Å². The van der Waals surface area contributed by atoms with Gasteiger partial charge in [-0.05, 0) is 41.5 Å². The van der Waals surface area contributed by atoms with Crippen LogP contribution in [0.15, 0.2) is 88.5 Å². The molecule has 0 bridgehead atoms. The monoisotopic (exact) mass is 412 g/mol. The van der Waals surface area contributed by atoms with Crippen LogP contribution in [0.5, 0.6) is 0 Å². The van der Waals surface area contributed by atoms with E-state index in [0.29, 0.717) is 21.2 Å². The van der Waals surface area contributed by atoms with E-state index in [0.717, 1.165) is 16.7 Å². The van der Waals surface area contributed by atoms with Crippen LogP contribution in [0.3, 0.4) is 0 Å². The molecule has 0 spiro atoms. The van der Waals surface area contributed by atoms with Crippen molar-refractivity contribution in [1.82, 2.24) is 10.2 Å². The van der Waals surface area contributed by atoms with E-state index < -0.39 is 0 Å².